The highest BCUT2D eigenvalue weighted by molar-refractivity contribution is 9.10. The summed E-state index contributed by atoms with van der Waals surface area (Å²) in [6.07, 6.45) is 0.483. The highest BCUT2D eigenvalue weighted by Crippen LogP contribution is 2.13. The number of halogens is 2. The molecule has 1 amide bonds. The fourth-order valence-corrected chi connectivity index (χ4v) is 2.11. The molecule has 0 heterocycles. The number of benzene rings is 2. The van der Waals surface area contributed by atoms with Gasteiger partial charge in [0.05, 0.1) is 6.54 Å². The summed E-state index contributed by atoms with van der Waals surface area (Å²) in [7, 11) is 0. The number of hydrogen-bond acceptors (Lipinski definition) is 2. The van der Waals surface area contributed by atoms with E-state index in [4.69, 9.17) is 0 Å². The number of hydrogen-bond donors (Lipinski definition) is 2. The number of nitrogens with one attached hydrogen (secondary N) is 2. The normalized spacial score (nSPS) is 10.2. The van der Waals surface area contributed by atoms with E-state index >= 15 is 0 Å². The first kappa shape index (κ1) is 15.5. The Morgan fingerprint density at radius 1 is 1.10 bits per heavy atom. The molecule has 2 aromatic rings. The maximum atomic E-state index is 13.4. The number of amides is 1. The Kier molecular flexibility index (Phi) is 5.75. The molecular weight excluding hydrogens is 335 g/mol. The van der Waals surface area contributed by atoms with Crippen molar-refractivity contribution < 1.29 is 9.18 Å². The quantitative estimate of drug-likeness (QED) is 0.838. The Hall–Kier alpha value is -1.88. The fourth-order valence-electron chi connectivity index (χ4n) is 1.85. The molecule has 0 aromatic heterocycles. The first-order chi connectivity index (χ1) is 10.1. The average Bonchev–Trinajstić information content (AvgIpc) is 2.49. The van der Waals surface area contributed by atoms with Crippen molar-refractivity contribution in [2.45, 2.75) is 6.42 Å². The molecule has 0 saturated carbocycles. The van der Waals surface area contributed by atoms with Gasteiger partial charge >= 0.3 is 0 Å². The monoisotopic (exact) mass is 350 g/mol. The summed E-state index contributed by atoms with van der Waals surface area (Å²) in [5.41, 5.74) is 1.49. The van der Waals surface area contributed by atoms with Crippen LogP contribution in [0.3, 0.4) is 0 Å². The van der Waals surface area contributed by atoms with Crippen molar-refractivity contribution in [1.29, 1.82) is 0 Å². The van der Waals surface area contributed by atoms with E-state index < -0.39 is 0 Å². The molecule has 110 valence electrons. The Bertz CT molecular complexity index is 601. The molecule has 0 atom stereocenters. The van der Waals surface area contributed by atoms with Crippen LogP contribution in [0.15, 0.2) is 53.0 Å². The zero-order chi connectivity index (χ0) is 15.1. The molecule has 2 rings (SSSR count). The lowest BCUT2D eigenvalue weighted by Crippen LogP contribution is -2.31. The van der Waals surface area contributed by atoms with E-state index in [9.17, 15) is 9.18 Å². The summed E-state index contributed by atoms with van der Waals surface area (Å²) in [6, 6.07) is 14.2. The molecule has 2 aromatic carbocycles. The van der Waals surface area contributed by atoms with Crippen LogP contribution in [-0.4, -0.2) is 19.0 Å². The van der Waals surface area contributed by atoms with Gasteiger partial charge in [-0.1, -0.05) is 34.1 Å². The van der Waals surface area contributed by atoms with E-state index in [0.717, 1.165) is 10.2 Å². The van der Waals surface area contributed by atoms with Gasteiger partial charge in [-0.3, -0.25) is 4.79 Å². The van der Waals surface area contributed by atoms with Gasteiger partial charge in [0.2, 0.25) is 5.91 Å². The van der Waals surface area contributed by atoms with Crippen molar-refractivity contribution in [3.63, 3.8) is 0 Å². The predicted octanol–water partition coefficient (Wildman–Crippen LogP) is 3.36. The van der Waals surface area contributed by atoms with E-state index in [1.165, 1.54) is 6.07 Å². The maximum absolute atomic E-state index is 13.4. The van der Waals surface area contributed by atoms with Gasteiger partial charge in [-0.25, -0.2) is 4.39 Å². The molecule has 0 saturated heterocycles. The van der Waals surface area contributed by atoms with E-state index in [2.05, 4.69) is 26.6 Å². The van der Waals surface area contributed by atoms with Gasteiger partial charge in [0.25, 0.3) is 0 Å². The first-order valence-electron chi connectivity index (χ1n) is 6.65. The van der Waals surface area contributed by atoms with Crippen LogP contribution < -0.4 is 10.6 Å². The van der Waals surface area contributed by atoms with Crippen molar-refractivity contribution in [2.24, 2.45) is 0 Å². The van der Waals surface area contributed by atoms with Crippen LogP contribution in [0.25, 0.3) is 0 Å². The second-order valence-corrected chi connectivity index (χ2v) is 5.47. The van der Waals surface area contributed by atoms with Gasteiger partial charge in [-0.05, 0) is 42.3 Å². The van der Waals surface area contributed by atoms with E-state index in [1.807, 2.05) is 24.3 Å². The zero-order valence-electron chi connectivity index (χ0n) is 11.4. The van der Waals surface area contributed by atoms with Crippen LogP contribution in [0.5, 0.6) is 0 Å². The van der Waals surface area contributed by atoms with Crippen LogP contribution in [0.4, 0.5) is 10.1 Å². The van der Waals surface area contributed by atoms with Crippen LogP contribution in [0.1, 0.15) is 5.56 Å². The van der Waals surface area contributed by atoms with Gasteiger partial charge in [-0.15, -0.1) is 0 Å². The molecule has 21 heavy (non-hydrogen) atoms. The van der Waals surface area contributed by atoms with Crippen molar-refractivity contribution in [1.82, 2.24) is 5.32 Å². The van der Waals surface area contributed by atoms with Gasteiger partial charge < -0.3 is 10.6 Å². The largest absolute Gasteiger partial charge is 0.376 e. The Balaban J connectivity index is 1.70. The number of anilines is 1. The Labute approximate surface area is 131 Å². The molecule has 0 spiro atoms. The number of carbonyl (C=O) groups is 1. The standard InChI is InChI=1S/C16H16BrFN2O/c17-13-5-7-14(8-6-13)20-11-16(21)19-10-9-12-3-1-2-4-15(12)18/h1-8,20H,9-11H2,(H,19,21). The smallest absolute Gasteiger partial charge is 0.239 e. The van der Waals surface area contributed by atoms with Crippen molar-refractivity contribution in [3.8, 4) is 0 Å². The Morgan fingerprint density at radius 3 is 2.52 bits per heavy atom. The summed E-state index contributed by atoms with van der Waals surface area (Å²) >= 11 is 3.35. The lowest BCUT2D eigenvalue weighted by atomic mass is 10.1. The SMILES string of the molecule is O=C(CNc1ccc(Br)cc1)NCCc1ccccc1F. The first-order valence-corrected chi connectivity index (χ1v) is 7.44. The third kappa shape index (κ3) is 5.19. The molecule has 2 N–H and O–H groups in total. The molecular formula is C16H16BrFN2O. The van der Waals surface area contributed by atoms with Gasteiger partial charge in [-0.2, -0.15) is 0 Å². The third-order valence-corrected chi connectivity index (χ3v) is 3.50. The van der Waals surface area contributed by atoms with Gasteiger partial charge in [0.15, 0.2) is 0 Å². The van der Waals surface area contributed by atoms with E-state index in [-0.39, 0.29) is 18.3 Å². The summed E-state index contributed by atoms with van der Waals surface area (Å²) < 4.78 is 14.4. The number of rotatable bonds is 6. The van der Waals surface area contributed by atoms with Crippen LogP contribution >= 0.6 is 15.9 Å². The Morgan fingerprint density at radius 2 is 1.81 bits per heavy atom. The molecule has 0 aliphatic rings. The van der Waals surface area contributed by atoms with Crippen LogP contribution in [-0.2, 0) is 11.2 Å². The minimum atomic E-state index is -0.236. The molecule has 5 heteroatoms. The summed E-state index contributed by atoms with van der Waals surface area (Å²) in [5.74, 6) is -0.353. The highest BCUT2D eigenvalue weighted by atomic mass is 79.9. The molecule has 0 aliphatic heterocycles. The molecule has 3 nitrogen and oxygen atoms in total. The minimum Gasteiger partial charge on any atom is -0.376 e. The predicted molar refractivity (Wildman–Crippen MR) is 85.7 cm³/mol. The lowest BCUT2D eigenvalue weighted by Gasteiger charge is -2.08. The molecule has 0 fully saturated rings. The third-order valence-electron chi connectivity index (χ3n) is 2.97. The highest BCUT2D eigenvalue weighted by Gasteiger charge is 2.03. The second kappa shape index (κ2) is 7.78. The van der Waals surface area contributed by atoms with E-state index in [0.29, 0.717) is 18.5 Å². The number of carbonyl (C=O) groups excluding carboxylic acids is 1. The van der Waals surface area contributed by atoms with Crippen LogP contribution in [0, 0.1) is 5.82 Å². The summed E-state index contributed by atoms with van der Waals surface area (Å²) in [5, 5.41) is 5.79. The summed E-state index contributed by atoms with van der Waals surface area (Å²) in [6.45, 7) is 0.612. The lowest BCUT2D eigenvalue weighted by molar-refractivity contribution is -0.119. The minimum absolute atomic E-state index is 0.116. The van der Waals surface area contributed by atoms with Gasteiger partial charge in [0.1, 0.15) is 5.82 Å². The second-order valence-electron chi connectivity index (χ2n) is 4.55. The molecule has 0 unspecified atom stereocenters. The average molecular weight is 351 g/mol. The summed E-state index contributed by atoms with van der Waals surface area (Å²) in [4.78, 5) is 11.7. The topological polar surface area (TPSA) is 41.1 Å². The van der Waals surface area contributed by atoms with Crippen molar-refractivity contribution >= 4 is 27.5 Å². The molecule has 0 aliphatic carbocycles. The zero-order valence-corrected chi connectivity index (χ0v) is 13.0. The maximum Gasteiger partial charge on any atom is 0.239 e. The van der Waals surface area contributed by atoms with Crippen LogP contribution in [0.2, 0.25) is 0 Å². The van der Waals surface area contributed by atoms with Gasteiger partial charge in [0, 0.05) is 16.7 Å². The fraction of sp³-hybridized carbons (Fsp3) is 0.188. The van der Waals surface area contributed by atoms with E-state index in [1.54, 1.807) is 18.2 Å². The van der Waals surface area contributed by atoms with Crippen molar-refractivity contribution in [3.05, 3.63) is 64.4 Å². The van der Waals surface area contributed by atoms with Crippen molar-refractivity contribution in [2.75, 3.05) is 18.4 Å². The molecule has 0 bridgehead atoms. The molecule has 0 radical (unpaired) electrons.